The second-order valence-electron chi connectivity index (χ2n) is 9.64. The van der Waals surface area contributed by atoms with E-state index in [0.717, 1.165) is 0 Å². The molecule has 3 saturated heterocycles. The van der Waals surface area contributed by atoms with E-state index in [1.165, 1.54) is 4.90 Å². The molecule has 190 valence electrons. The van der Waals surface area contributed by atoms with Crippen LogP contribution in [0.25, 0.3) is 0 Å². The zero-order valence-electron chi connectivity index (χ0n) is 20.3. The molecular weight excluding hydrogens is 516 g/mol. The van der Waals surface area contributed by atoms with Crippen molar-refractivity contribution >= 4 is 33.7 Å². The summed E-state index contributed by atoms with van der Waals surface area (Å²) < 4.78 is 11.8. The Kier molecular flexibility index (Phi) is 7.41. The molecule has 9 heteroatoms. The second kappa shape index (κ2) is 10.0. The molecule has 35 heavy (non-hydrogen) atoms. The number of carbonyl (C=O) groups is 3. The molecule has 3 heterocycles. The number of hydrogen-bond acceptors (Lipinski definition) is 6. The summed E-state index contributed by atoms with van der Waals surface area (Å²) in [5.41, 5.74) is -0.504. The molecule has 1 spiro atoms. The SMILES string of the molecule is C=CCN(C(=O)C1N([C@H](CO)c2ccccc2)C(=O)[C@@H]2[C@H](C(=O)OCC)[C@H]3OC12CC3Br)C(C)C. The first-order valence-corrected chi connectivity index (χ1v) is 13.0. The van der Waals surface area contributed by atoms with E-state index in [1.807, 2.05) is 44.2 Å². The molecular formula is C26H33BrN2O6. The van der Waals surface area contributed by atoms with Gasteiger partial charge in [-0.3, -0.25) is 14.4 Å². The second-order valence-corrected chi connectivity index (χ2v) is 10.8. The molecule has 1 N–H and O–H groups in total. The highest BCUT2D eigenvalue weighted by Crippen LogP contribution is 2.61. The lowest BCUT2D eigenvalue weighted by molar-refractivity contribution is -0.156. The van der Waals surface area contributed by atoms with Crippen molar-refractivity contribution in [3.63, 3.8) is 0 Å². The minimum absolute atomic E-state index is 0.156. The largest absolute Gasteiger partial charge is 0.466 e. The maximum Gasteiger partial charge on any atom is 0.312 e. The Morgan fingerprint density at radius 3 is 2.63 bits per heavy atom. The summed E-state index contributed by atoms with van der Waals surface area (Å²) in [7, 11) is 0. The Balaban J connectivity index is 1.87. The fourth-order valence-electron chi connectivity index (χ4n) is 6.07. The van der Waals surface area contributed by atoms with Gasteiger partial charge in [-0.05, 0) is 32.8 Å². The van der Waals surface area contributed by atoms with Crippen LogP contribution in [0.1, 0.15) is 38.8 Å². The van der Waals surface area contributed by atoms with Crippen LogP contribution in [0.3, 0.4) is 0 Å². The van der Waals surface area contributed by atoms with Crippen LogP contribution < -0.4 is 0 Å². The third kappa shape index (κ3) is 4.01. The molecule has 0 aliphatic carbocycles. The maximum absolute atomic E-state index is 14.2. The maximum atomic E-state index is 14.2. The van der Waals surface area contributed by atoms with Crippen LogP contribution in [-0.4, -0.2) is 81.1 Å². The number of halogens is 1. The van der Waals surface area contributed by atoms with Crippen LogP contribution in [0, 0.1) is 11.8 Å². The van der Waals surface area contributed by atoms with Crippen LogP contribution in [0.4, 0.5) is 0 Å². The number of amides is 2. The lowest BCUT2D eigenvalue weighted by atomic mass is 9.70. The zero-order chi connectivity index (χ0) is 25.5. The zero-order valence-corrected chi connectivity index (χ0v) is 21.9. The minimum Gasteiger partial charge on any atom is -0.466 e. The van der Waals surface area contributed by atoms with Crippen molar-refractivity contribution in [3.8, 4) is 0 Å². The number of nitrogens with zero attached hydrogens (tertiary/aromatic N) is 2. The van der Waals surface area contributed by atoms with E-state index in [4.69, 9.17) is 9.47 Å². The third-order valence-electron chi connectivity index (χ3n) is 7.45. The fraction of sp³-hybridized carbons (Fsp3) is 0.577. The Labute approximate surface area is 214 Å². The van der Waals surface area contributed by atoms with Crippen LogP contribution in [-0.2, 0) is 23.9 Å². The highest BCUT2D eigenvalue weighted by atomic mass is 79.9. The Hall–Kier alpha value is -2.23. The first kappa shape index (κ1) is 25.9. The summed E-state index contributed by atoms with van der Waals surface area (Å²) in [6.45, 7) is 9.41. The predicted molar refractivity (Wildman–Crippen MR) is 132 cm³/mol. The molecule has 0 aromatic heterocycles. The van der Waals surface area contributed by atoms with E-state index >= 15 is 0 Å². The first-order valence-electron chi connectivity index (χ1n) is 12.1. The van der Waals surface area contributed by atoms with Crippen molar-refractivity contribution in [1.82, 2.24) is 9.80 Å². The van der Waals surface area contributed by atoms with Gasteiger partial charge in [-0.15, -0.1) is 6.58 Å². The first-order chi connectivity index (χ1) is 16.7. The van der Waals surface area contributed by atoms with Crippen molar-refractivity contribution in [2.75, 3.05) is 19.8 Å². The van der Waals surface area contributed by atoms with E-state index < -0.39 is 41.6 Å². The molecule has 0 saturated carbocycles. The molecule has 3 fully saturated rings. The third-order valence-corrected chi connectivity index (χ3v) is 8.29. The molecule has 3 aliphatic heterocycles. The van der Waals surface area contributed by atoms with Crippen molar-refractivity contribution in [2.24, 2.45) is 11.8 Å². The van der Waals surface area contributed by atoms with E-state index in [2.05, 4.69) is 22.5 Å². The monoisotopic (exact) mass is 548 g/mol. The Morgan fingerprint density at radius 2 is 2.06 bits per heavy atom. The molecule has 7 atom stereocenters. The van der Waals surface area contributed by atoms with Gasteiger partial charge in [0.1, 0.15) is 11.6 Å². The number of ether oxygens (including phenoxy) is 2. The van der Waals surface area contributed by atoms with Crippen molar-refractivity contribution < 1.29 is 29.0 Å². The van der Waals surface area contributed by atoms with Gasteiger partial charge in [-0.1, -0.05) is 52.3 Å². The van der Waals surface area contributed by atoms with Crippen LogP contribution in [0.2, 0.25) is 0 Å². The number of carbonyl (C=O) groups excluding carboxylic acids is 3. The average Bonchev–Trinajstić information content (AvgIpc) is 3.42. The van der Waals surface area contributed by atoms with E-state index in [9.17, 15) is 19.5 Å². The topological polar surface area (TPSA) is 96.4 Å². The normalized spacial score (nSPS) is 32.0. The molecule has 0 radical (unpaired) electrons. The smallest absolute Gasteiger partial charge is 0.312 e. The van der Waals surface area contributed by atoms with Crippen LogP contribution in [0.15, 0.2) is 43.0 Å². The predicted octanol–water partition coefficient (Wildman–Crippen LogP) is 2.45. The van der Waals surface area contributed by atoms with Gasteiger partial charge >= 0.3 is 5.97 Å². The number of fused-ring (bicyclic) bond motifs is 1. The Morgan fingerprint density at radius 1 is 1.37 bits per heavy atom. The summed E-state index contributed by atoms with van der Waals surface area (Å²) in [6.07, 6.45) is 1.47. The van der Waals surface area contributed by atoms with E-state index in [0.29, 0.717) is 18.5 Å². The number of likely N-dealkylation sites (tertiary alicyclic amines) is 1. The Bertz CT molecular complexity index is 987. The molecule has 3 unspecified atom stereocenters. The lowest BCUT2D eigenvalue weighted by Gasteiger charge is -2.40. The molecule has 4 rings (SSSR count). The highest BCUT2D eigenvalue weighted by Gasteiger charge is 2.77. The summed E-state index contributed by atoms with van der Waals surface area (Å²) in [6, 6.07) is 7.20. The molecule has 3 aliphatic rings. The number of aliphatic hydroxyl groups excluding tert-OH is 1. The summed E-state index contributed by atoms with van der Waals surface area (Å²) >= 11 is 3.65. The van der Waals surface area contributed by atoms with Gasteiger partial charge in [-0.25, -0.2) is 0 Å². The molecule has 2 bridgehead atoms. The van der Waals surface area contributed by atoms with Gasteiger partial charge in [0.2, 0.25) is 11.8 Å². The van der Waals surface area contributed by atoms with Crippen molar-refractivity contribution in [3.05, 3.63) is 48.6 Å². The van der Waals surface area contributed by atoms with Gasteiger partial charge in [0, 0.05) is 17.4 Å². The van der Waals surface area contributed by atoms with E-state index in [1.54, 1.807) is 17.9 Å². The number of alkyl halides is 1. The van der Waals surface area contributed by atoms with E-state index in [-0.39, 0.29) is 35.9 Å². The highest BCUT2D eigenvalue weighted by molar-refractivity contribution is 9.09. The molecule has 2 amide bonds. The van der Waals surface area contributed by atoms with Gasteiger partial charge in [0.05, 0.1) is 37.2 Å². The minimum atomic E-state index is -1.21. The lowest BCUT2D eigenvalue weighted by Crippen LogP contribution is -2.58. The van der Waals surface area contributed by atoms with Gasteiger partial charge in [0.25, 0.3) is 0 Å². The van der Waals surface area contributed by atoms with Gasteiger partial charge < -0.3 is 24.4 Å². The number of rotatable bonds is 9. The van der Waals surface area contributed by atoms with Crippen molar-refractivity contribution in [2.45, 2.75) is 61.8 Å². The molecule has 8 nitrogen and oxygen atoms in total. The summed E-state index contributed by atoms with van der Waals surface area (Å²) in [5.74, 6) is -2.85. The number of hydrogen-bond donors (Lipinski definition) is 1. The number of aliphatic hydroxyl groups is 1. The van der Waals surface area contributed by atoms with Crippen LogP contribution >= 0.6 is 15.9 Å². The molecule has 1 aromatic rings. The van der Waals surface area contributed by atoms with Gasteiger partial charge in [-0.2, -0.15) is 0 Å². The number of esters is 1. The van der Waals surface area contributed by atoms with Crippen LogP contribution in [0.5, 0.6) is 0 Å². The average molecular weight is 549 g/mol. The van der Waals surface area contributed by atoms with Gasteiger partial charge in [0.15, 0.2) is 0 Å². The summed E-state index contributed by atoms with van der Waals surface area (Å²) in [4.78, 5) is 44.3. The number of benzene rings is 1. The van der Waals surface area contributed by atoms with Crippen molar-refractivity contribution in [1.29, 1.82) is 0 Å². The summed E-state index contributed by atoms with van der Waals surface area (Å²) in [5, 5.41) is 10.5. The standard InChI is InChI=1S/C26H33BrN2O6/c1-5-12-28(15(3)4)24(32)22-26-13-17(27)21(35-26)19(25(33)34-6-2)20(26)23(31)29(22)18(14-30)16-10-8-7-9-11-16/h5,7-11,15,17-22,30H,1,6,12-14H2,2-4H3/t17?,18-,19+,20+,21+,22?,26?/m1/s1. The molecule has 1 aromatic carbocycles. The quantitative estimate of drug-likeness (QED) is 0.289. The fourth-order valence-corrected chi connectivity index (χ4v) is 7.01.